The molecular weight excluding hydrogens is 378 g/mol. The van der Waals surface area contributed by atoms with Gasteiger partial charge in [-0.3, -0.25) is 0 Å². The van der Waals surface area contributed by atoms with Crippen molar-refractivity contribution in [2.24, 2.45) is 4.99 Å². The van der Waals surface area contributed by atoms with Gasteiger partial charge in [-0.1, -0.05) is 18.2 Å². The lowest BCUT2D eigenvalue weighted by atomic mass is 10.1. The van der Waals surface area contributed by atoms with Gasteiger partial charge in [0.1, 0.15) is 5.75 Å². The third-order valence-corrected chi connectivity index (χ3v) is 4.82. The van der Waals surface area contributed by atoms with Crippen molar-refractivity contribution in [1.82, 2.24) is 0 Å². The molecular formula is C24H25N3O3. The molecule has 0 bridgehead atoms. The van der Waals surface area contributed by atoms with Crippen LogP contribution < -0.4 is 9.64 Å². The first kappa shape index (κ1) is 21.1. The molecule has 30 heavy (non-hydrogen) atoms. The van der Waals surface area contributed by atoms with Gasteiger partial charge in [-0.15, -0.1) is 0 Å². The topological polar surface area (TPSA) is 74.9 Å². The van der Waals surface area contributed by atoms with Gasteiger partial charge >= 0.3 is 5.97 Å². The zero-order valence-electron chi connectivity index (χ0n) is 17.5. The number of hydrogen-bond donors (Lipinski definition) is 0. The second kappa shape index (κ2) is 9.75. The molecule has 0 spiro atoms. The monoisotopic (exact) mass is 403 g/mol. The van der Waals surface area contributed by atoms with Crippen LogP contribution in [0.5, 0.6) is 5.75 Å². The normalized spacial score (nSPS) is 14.3. The lowest BCUT2D eigenvalue weighted by Crippen LogP contribution is -2.23. The van der Waals surface area contributed by atoms with Crippen LogP contribution in [-0.2, 0) is 9.53 Å². The van der Waals surface area contributed by atoms with Crippen molar-refractivity contribution in [1.29, 1.82) is 5.26 Å². The Bertz CT molecular complexity index is 1030. The summed E-state index contributed by atoms with van der Waals surface area (Å²) in [6.45, 7) is 7.97. The van der Waals surface area contributed by atoms with Gasteiger partial charge in [-0.25, -0.2) is 9.79 Å². The third-order valence-electron chi connectivity index (χ3n) is 4.82. The number of aliphatic imine (C=N–C) groups is 1. The van der Waals surface area contributed by atoms with Crippen molar-refractivity contribution in [2.45, 2.75) is 27.2 Å². The number of anilines is 1. The molecule has 2 aromatic rings. The maximum Gasteiger partial charge on any atom is 0.363 e. The molecule has 154 valence electrons. The maximum absolute atomic E-state index is 12.4. The van der Waals surface area contributed by atoms with E-state index in [1.165, 1.54) is 0 Å². The van der Waals surface area contributed by atoms with Crippen LogP contribution in [-0.4, -0.2) is 31.6 Å². The van der Waals surface area contributed by atoms with E-state index >= 15 is 0 Å². The van der Waals surface area contributed by atoms with Crippen molar-refractivity contribution < 1.29 is 14.3 Å². The van der Waals surface area contributed by atoms with Crippen LogP contribution in [0.3, 0.4) is 0 Å². The Labute approximate surface area is 177 Å². The Morgan fingerprint density at radius 2 is 2.03 bits per heavy atom. The number of cyclic esters (lactones) is 1. The number of esters is 1. The van der Waals surface area contributed by atoms with Gasteiger partial charge in [-0.2, -0.15) is 5.26 Å². The molecule has 1 aliphatic rings. The Kier molecular flexibility index (Phi) is 6.87. The highest BCUT2D eigenvalue weighted by Crippen LogP contribution is 2.27. The SMILES string of the molecule is CCOc1ccccc1C1=N/C(=C\c2ccc(N(CC)CCC#N)cc2C)C(=O)O1. The summed E-state index contributed by atoms with van der Waals surface area (Å²) in [5.74, 6) is 0.396. The van der Waals surface area contributed by atoms with Crippen LogP contribution in [0.2, 0.25) is 0 Å². The Morgan fingerprint density at radius 3 is 2.73 bits per heavy atom. The Hall–Kier alpha value is -3.59. The van der Waals surface area contributed by atoms with E-state index in [2.05, 4.69) is 29.0 Å². The Morgan fingerprint density at radius 1 is 1.23 bits per heavy atom. The van der Waals surface area contributed by atoms with Gasteiger partial charge in [0, 0.05) is 18.8 Å². The lowest BCUT2D eigenvalue weighted by Gasteiger charge is -2.22. The third kappa shape index (κ3) is 4.69. The minimum absolute atomic E-state index is 0.248. The van der Waals surface area contributed by atoms with Crippen molar-refractivity contribution in [3.63, 3.8) is 0 Å². The molecule has 0 atom stereocenters. The second-order valence-corrected chi connectivity index (χ2v) is 6.79. The van der Waals surface area contributed by atoms with Crippen molar-refractivity contribution >= 4 is 23.6 Å². The summed E-state index contributed by atoms with van der Waals surface area (Å²) in [5, 5.41) is 8.84. The molecule has 0 amide bonds. The van der Waals surface area contributed by atoms with E-state index in [-0.39, 0.29) is 11.6 Å². The fourth-order valence-electron chi connectivity index (χ4n) is 3.27. The van der Waals surface area contributed by atoms with Crippen LogP contribution in [0.4, 0.5) is 5.69 Å². The summed E-state index contributed by atoms with van der Waals surface area (Å²) >= 11 is 0. The molecule has 0 fully saturated rings. The maximum atomic E-state index is 12.4. The largest absolute Gasteiger partial charge is 0.493 e. The first-order chi connectivity index (χ1) is 14.6. The lowest BCUT2D eigenvalue weighted by molar-refractivity contribution is -0.129. The number of ether oxygens (including phenoxy) is 2. The van der Waals surface area contributed by atoms with E-state index in [0.29, 0.717) is 30.9 Å². The van der Waals surface area contributed by atoms with Gasteiger partial charge in [0.25, 0.3) is 0 Å². The molecule has 0 aromatic heterocycles. The van der Waals surface area contributed by atoms with E-state index < -0.39 is 5.97 Å². The first-order valence-corrected chi connectivity index (χ1v) is 10.0. The predicted octanol–water partition coefficient (Wildman–Crippen LogP) is 4.48. The first-order valence-electron chi connectivity index (χ1n) is 10.0. The quantitative estimate of drug-likeness (QED) is 0.480. The van der Waals surface area contributed by atoms with Gasteiger partial charge in [0.05, 0.1) is 24.7 Å². The summed E-state index contributed by atoms with van der Waals surface area (Å²) in [5.41, 5.74) is 3.87. The molecule has 0 unspecified atom stereocenters. The molecule has 6 heteroatoms. The average Bonchev–Trinajstić information content (AvgIpc) is 3.11. The van der Waals surface area contributed by atoms with Crippen molar-refractivity contribution in [3.05, 3.63) is 64.9 Å². The van der Waals surface area contributed by atoms with Crippen molar-refractivity contribution in [2.75, 3.05) is 24.6 Å². The molecule has 0 saturated carbocycles. The molecule has 0 saturated heterocycles. The highest BCUT2D eigenvalue weighted by atomic mass is 16.6. The summed E-state index contributed by atoms with van der Waals surface area (Å²) in [7, 11) is 0. The predicted molar refractivity (Wildman–Crippen MR) is 118 cm³/mol. The standard InChI is InChI=1S/C24H25N3O3/c1-4-27(14-8-13-25)19-12-11-18(17(3)15-19)16-21-24(28)30-23(26-21)20-9-6-7-10-22(20)29-5-2/h6-7,9-12,15-16H,4-5,8,14H2,1-3H3/b21-16-. The Balaban J connectivity index is 1.88. The van der Waals surface area contributed by atoms with E-state index in [4.69, 9.17) is 14.7 Å². The average molecular weight is 403 g/mol. The number of carbonyl (C=O) groups excluding carboxylic acids is 1. The fourth-order valence-corrected chi connectivity index (χ4v) is 3.27. The molecule has 1 heterocycles. The van der Waals surface area contributed by atoms with E-state index in [1.54, 1.807) is 6.08 Å². The van der Waals surface area contributed by atoms with Crippen LogP contribution in [0.25, 0.3) is 6.08 Å². The molecule has 6 nitrogen and oxygen atoms in total. The highest BCUT2D eigenvalue weighted by Gasteiger charge is 2.26. The molecule has 2 aromatic carbocycles. The summed E-state index contributed by atoms with van der Waals surface area (Å²) < 4.78 is 11.0. The number of rotatable bonds is 8. The van der Waals surface area contributed by atoms with E-state index in [0.717, 1.165) is 23.4 Å². The van der Waals surface area contributed by atoms with Gasteiger partial charge in [0.15, 0.2) is 5.70 Å². The molecule has 1 aliphatic heterocycles. The molecule has 0 aliphatic carbocycles. The van der Waals surface area contributed by atoms with Gasteiger partial charge < -0.3 is 14.4 Å². The summed E-state index contributed by atoms with van der Waals surface area (Å²) in [6.07, 6.45) is 2.22. The van der Waals surface area contributed by atoms with E-state index in [9.17, 15) is 4.79 Å². The summed E-state index contributed by atoms with van der Waals surface area (Å²) in [6, 6.07) is 15.6. The smallest absolute Gasteiger partial charge is 0.363 e. The minimum Gasteiger partial charge on any atom is -0.493 e. The number of nitriles is 1. The minimum atomic E-state index is -0.482. The summed E-state index contributed by atoms with van der Waals surface area (Å²) in [4.78, 5) is 19.0. The number of para-hydroxylation sites is 1. The number of carbonyl (C=O) groups is 1. The second-order valence-electron chi connectivity index (χ2n) is 6.79. The number of aryl methyl sites for hydroxylation is 1. The zero-order chi connectivity index (χ0) is 21.5. The van der Waals surface area contributed by atoms with Crippen LogP contribution >= 0.6 is 0 Å². The van der Waals surface area contributed by atoms with Crippen molar-refractivity contribution in [3.8, 4) is 11.8 Å². The fraction of sp³-hybridized carbons (Fsp3) is 0.292. The van der Waals surface area contributed by atoms with Crippen LogP contribution in [0.1, 0.15) is 37.0 Å². The molecule has 0 radical (unpaired) electrons. The zero-order valence-corrected chi connectivity index (χ0v) is 17.5. The van der Waals surface area contributed by atoms with E-state index in [1.807, 2.05) is 50.2 Å². The highest BCUT2D eigenvalue weighted by molar-refractivity contribution is 6.13. The number of hydrogen-bond acceptors (Lipinski definition) is 6. The van der Waals surface area contributed by atoms with Gasteiger partial charge in [-0.05, 0) is 62.2 Å². The molecule has 3 rings (SSSR count). The molecule has 0 N–H and O–H groups in total. The number of nitrogens with zero attached hydrogens (tertiary/aromatic N) is 3. The van der Waals surface area contributed by atoms with Crippen LogP contribution in [0.15, 0.2) is 53.2 Å². The number of benzene rings is 2. The van der Waals surface area contributed by atoms with Gasteiger partial charge in [0.2, 0.25) is 5.90 Å². The van der Waals surface area contributed by atoms with Crippen LogP contribution in [0, 0.1) is 18.3 Å².